The largest absolute Gasteiger partial charge is 0.478 e. The summed E-state index contributed by atoms with van der Waals surface area (Å²) >= 11 is 1.25. The van der Waals surface area contributed by atoms with Gasteiger partial charge in [0.2, 0.25) is 5.91 Å². The molecule has 2 bridgehead atoms. The predicted molar refractivity (Wildman–Crippen MR) is 85.5 cm³/mol. The first-order valence-electron chi connectivity index (χ1n) is 7.64. The molecule has 1 aromatic heterocycles. The zero-order valence-electron chi connectivity index (χ0n) is 12.7. The lowest BCUT2D eigenvalue weighted by Gasteiger charge is -2.26. The molecule has 22 heavy (non-hydrogen) atoms. The standard InChI is InChI=1S/C16H20N2O3S/c1-8-10-3-4-11(5-10)12(8)6-13(15(20)21)14-7-22-16(18-14)17-9(2)19/h6-8,10-12H,3-5H2,1-2H3,(H,20,21)(H,17,18,19). The summed E-state index contributed by atoms with van der Waals surface area (Å²) in [6.45, 7) is 3.64. The van der Waals surface area contributed by atoms with E-state index in [2.05, 4.69) is 17.2 Å². The Morgan fingerprint density at radius 1 is 1.41 bits per heavy atom. The highest BCUT2D eigenvalue weighted by atomic mass is 32.1. The summed E-state index contributed by atoms with van der Waals surface area (Å²) in [5, 5.41) is 14.3. The molecule has 6 heteroatoms. The van der Waals surface area contributed by atoms with Gasteiger partial charge in [-0.25, -0.2) is 9.78 Å². The van der Waals surface area contributed by atoms with E-state index in [1.54, 1.807) is 5.38 Å². The molecule has 0 aliphatic heterocycles. The molecule has 1 amide bonds. The number of nitrogens with one attached hydrogen (secondary N) is 1. The average Bonchev–Trinajstić information content (AvgIpc) is 3.12. The van der Waals surface area contributed by atoms with Gasteiger partial charge in [0, 0.05) is 12.3 Å². The Labute approximate surface area is 133 Å². The van der Waals surface area contributed by atoms with Crippen molar-refractivity contribution in [2.75, 3.05) is 5.32 Å². The van der Waals surface area contributed by atoms with Crippen LogP contribution < -0.4 is 5.32 Å². The summed E-state index contributed by atoms with van der Waals surface area (Å²) in [5.41, 5.74) is 0.702. The van der Waals surface area contributed by atoms with Gasteiger partial charge >= 0.3 is 5.97 Å². The number of carboxylic acid groups (broad SMARTS) is 1. The molecule has 2 aliphatic rings. The molecule has 2 aliphatic carbocycles. The maximum absolute atomic E-state index is 11.6. The minimum atomic E-state index is -0.949. The highest BCUT2D eigenvalue weighted by Crippen LogP contribution is 2.53. The Bertz CT molecular complexity index is 635. The minimum absolute atomic E-state index is 0.205. The molecule has 118 valence electrons. The fourth-order valence-corrected chi connectivity index (χ4v) is 4.73. The highest BCUT2D eigenvalue weighted by molar-refractivity contribution is 7.14. The van der Waals surface area contributed by atoms with Crippen LogP contribution in [0.3, 0.4) is 0 Å². The number of carbonyl (C=O) groups excluding carboxylic acids is 1. The number of allylic oxidation sites excluding steroid dienone is 1. The van der Waals surface area contributed by atoms with E-state index in [-0.39, 0.29) is 11.5 Å². The van der Waals surface area contributed by atoms with Gasteiger partial charge in [-0.2, -0.15) is 0 Å². The maximum Gasteiger partial charge on any atom is 0.337 e. The van der Waals surface area contributed by atoms with Crippen LogP contribution in [-0.2, 0) is 9.59 Å². The predicted octanol–water partition coefficient (Wildman–Crippen LogP) is 3.25. The van der Waals surface area contributed by atoms with E-state index in [4.69, 9.17) is 0 Å². The van der Waals surface area contributed by atoms with Gasteiger partial charge in [-0.3, -0.25) is 4.79 Å². The van der Waals surface area contributed by atoms with Crippen molar-refractivity contribution >= 4 is 33.9 Å². The summed E-state index contributed by atoms with van der Waals surface area (Å²) < 4.78 is 0. The van der Waals surface area contributed by atoms with E-state index in [9.17, 15) is 14.7 Å². The Morgan fingerprint density at radius 2 is 2.14 bits per heavy atom. The van der Waals surface area contributed by atoms with E-state index >= 15 is 0 Å². The van der Waals surface area contributed by atoms with E-state index in [1.165, 1.54) is 37.5 Å². The van der Waals surface area contributed by atoms with Crippen molar-refractivity contribution in [3.8, 4) is 0 Å². The third-order valence-corrected chi connectivity index (χ3v) is 5.82. The summed E-state index contributed by atoms with van der Waals surface area (Å²) in [6, 6.07) is 0. The van der Waals surface area contributed by atoms with E-state index in [0.717, 1.165) is 5.92 Å². The second-order valence-corrected chi connectivity index (χ2v) is 7.23. The SMILES string of the molecule is CC(=O)Nc1nc(C(=CC2C3CCC(C3)C2C)C(=O)O)cs1. The molecule has 0 radical (unpaired) electrons. The quantitative estimate of drug-likeness (QED) is 0.835. The topological polar surface area (TPSA) is 79.3 Å². The van der Waals surface area contributed by atoms with Gasteiger partial charge < -0.3 is 10.4 Å². The number of rotatable bonds is 4. The molecule has 0 saturated heterocycles. The second-order valence-electron chi connectivity index (χ2n) is 6.37. The monoisotopic (exact) mass is 320 g/mol. The van der Waals surface area contributed by atoms with Gasteiger partial charge in [0.15, 0.2) is 5.13 Å². The van der Waals surface area contributed by atoms with Gasteiger partial charge in [-0.15, -0.1) is 11.3 Å². The minimum Gasteiger partial charge on any atom is -0.478 e. The summed E-state index contributed by atoms with van der Waals surface area (Å²) in [6.07, 6.45) is 5.62. The number of hydrogen-bond acceptors (Lipinski definition) is 4. The molecule has 0 aromatic carbocycles. The molecular weight excluding hydrogens is 300 g/mol. The van der Waals surface area contributed by atoms with Crippen LogP contribution in [-0.4, -0.2) is 22.0 Å². The number of nitrogens with zero attached hydrogens (tertiary/aromatic N) is 1. The molecule has 2 N–H and O–H groups in total. The molecule has 4 unspecified atom stereocenters. The first-order valence-corrected chi connectivity index (χ1v) is 8.52. The third-order valence-electron chi connectivity index (χ3n) is 5.06. The molecule has 2 fully saturated rings. The average molecular weight is 320 g/mol. The second kappa shape index (κ2) is 5.83. The van der Waals surface area contributed by atoms with Crippen molar-refractivity contribution in [3.63, 3.8) is 0 Å². The van der Waals surface area contributed by atoms with Crippen LogP contribution in [0.1, 0.15) is 38.8 Å². The van der Waals surface area contributed by atoms with Crippen LogP contribution in [0.2, 0.25) is 0 Å². The van der Waals surface area contributed by atoms with Gasteiger partial charge in [0.05, 0.1) is 11.3 Å². The number of amides is 1. The van der Waals surface area contributed by atoms with Crippen molar-refractivity contribution in [1.29, 1.82) is 0 Å². The lowest BCUT2D eigenvalue weighted by Crippen LogP contribution is -2.19. The Balaban J connectivity index is 1.87. The zero-order valence-corrected chi connectivity index (χ0v) is 13.5. The van der Waals surface area contributed by atoms with E-state index < -0.39 is 5.97 Å². The number of aromatic nitrogens is 1. The summed E-state index contributed by atoms with van der Waals surface area (Å²) in [7, 11) is 0. The first kappa shape index (κ1) is 15.2. The highest BCUT2D eigenvalue weighted by Gasteiger charge is 2.44. The number of carbonyl (C=O) groups is 2. The molecule has 5 nitrogen and oxygen atoms in total. The normalized spacial score (nSPS) is 30.5. The molecule has 1 aromatic rings. The lowest BCUT2D eigenvalue weighted by atomic mass is 9.79. The van der Waals surface area contributed by atoms with E-state index in [0.29, 0.717) is 28.6 Å². The van der Waals surface area contributed by atoms with Crippen molar-refractivity contribution in [1.82, 2.24) is 4.98 Å². The van der Waals surface area contributed by atoms with Crippen LogP contribution in [0.25, 0.3) is 5.57 Å². The molecular formula is C16H20N2O3S. The van der Waals surface area contributed by atoms with Gasteiger partial charge in [0.1, 0.15) is 0 Å². The zero-order chi connectivity index (χ0) is 15.9. The van der Waals surface area contributed by atoms with Gasteiger partial charge in [-0.05, 0) is 42.9 Å². The lowest BCUT2D eigenvalue weighted by molar-refractivity contribution is -0.130. The smallest absolute Gasteiger partial charge is 0.337 e. The Morgan fingerprint density at radius 3 is 2.73 bits per heavy atom. The number of thiazole rings is 1. The number of anilines is 1. The van der Waals surface area contributed by atoms with Crippen molar-refractivity contribution in [2.24, 2.45) is 23.7 Å². The van der Waals surface area contributed by atoms with Crippen LogP contribution in [0.4, 0.5) is 5.13 Å². The van der Waals surface area contributed by atoms with Crippen LogP contribution in [0.15, 0.2) is 11.5 Å². The van der Waals surface area contributed by atoms with Crippen molar-refractivity contribution in [2.45, 2.75) is 33.1 Å². The van der Waals surface area contributed by atoms with Gasteiger partial charge in [-0.1, -0.05) is 13.0 Å². The van der Waals surface area contributed by atoms with Crippen LogP contribution >= 0.6 is 11.3 Å². The Hall–Kier alpha value is -1.69. The number of fused-ring (bicyclic) bond motifs is 2. The Kier molecular flexibility index (Phi) is 4.04. The van der Waals surface area contributed by atoms with Crippen molar-refractivity contribution < 1.29 is 14.7 Å². The van der Waals surface area contributed by atoms with Crippen molar-refractivity contribution in [3.05, 3.63) is 17.2 Å². The molecule has 0 spiro atoms. The number of carboxylic acids is 1. The fourth-order valence-electron chi connectivity index (χ4n) is 3.98. The molecule has 3 rings (SSSR count). The molecule has 1 heterocycles. The summed E-state index contributed by atoms with van der Waals surface area (Å²) in [5.74, 6) is 1.07. The third kappa shape index (κ3) is 2.79. The van der Waals surface area contributed by atoms with Crippen LogP contribution in [0.5, 0.6) is 0 Å². The first-order chi connectivity index (χ1) is 10.5. The number of aliphatic carboxylic acids is 1. The fraction of sp³-hybridized carbons (Fsp3) is 0.562. The number of hydrogen-bond donors (Lipinski definition) is 2. The summed E-state index contributed by atoms with van der Waals surface area (Å²) in [4.78, 5) is 26.9. The van der Waals surface area contributed by atoms with Crippen LogP contribution in [0, 0.1) is 23.7 Å². The maximum atomic E-state index is 11.6. The molecule has 4 atom stereocenters. The van der Waals surface area contributed by atoms with E-state index in [1.807, 2.05) is 6.08 Å². The van der Waals surface area contributed by atoms with Gasteiger partial charge in [0.25, 0.3) is 0 Å². The molecule has 2 saturated carbocycles.